The quantitative estimate of drug-likeness (QED) is 0.678. The number of nitrogens with two attached hydrogens (primary N) is 1. The van der Waals surface area contributed by atoms with Gasteiger partial charge in [0.2, 0.25) is 10.0 Å². The summed E-state index contributed by atoms with van der Waals surface area (Å²) < 4.78 is 38.1. The fourth-order valence-corrected chi connectivity index (χ4v) is 2.40. The van der Waals surface area contributed by atoms with Gasteiger partial charge >= 0.3 is 0 Å². The molecule has 5 nitrogen and oxygen atoms in total. The van der Waals surface area contributed by atoms with Gasteiger partial charge in [-0.2, -0.15) is 0 Å². The van der Waals surface area contributed by atoms with Crippen LogP contribution >= 0.6 is 0 Å². The summed E-state index contributed by atoms with van der Waals surface area (Å²) in [5.74, 6) is 0. The van der Waals surface area contributed by atoms with Crippen molar-refractivity contribution in [3.05, 3.63) is 29.8 Å². The third-order valence-corrected chi connectivity index (χ3v) is 4.72. The highest BCUT2D eigenvalue weighted by Crippen LogP contribution is 2.19. The Kier molecular flexibility index (Phi) is 4.78. The zero-order valence-electron chi connectivity index (χ0n) is 11.4. The third-order valence-electron chi connectivity index (χ3n) is 2.32. The molecule has 0 saturated carbocycles. The smallest absolute Gasteiger partial charge is 0.238 e. The molecule has 0 heterocycles. The van der Waals surface area contributed by atoms with E-state index in [1.54, 1.807) is 19.1 Å². The largest absolute Gasteiger partial charge is 0.591 e. The molecule has 0 aromatic heterocycles. The second kappa shape index (κ2) is 5.62. The van der Waals surface area contributed by atoms with Gasteiger partial charge in [-0.3, -0.25) is 0 Å². The Morgan fingerprint density at radius 1 is 1.37 bits per heavy atom. The van der Waals surface area contributed by atoms with Crippen molar-refractivity contribution in [3.63, 3.8) is 0 Å². The predicted molar refractivity (Wildman–Crippen MR) is 77.9 cm³/mol. The number of hydrogen-bond donors (Lipinski definition) is 1. The second-order valence-electron chi connectivity index (χ2n) is 5.11. The van der Waals surface area contributed by atoms with Gasteiger partial charge in [-0.15, -0.1) is 0 Å². The molecule has 0 aliphatic heterocycles. The highest BCUT2D eigenvalue weighted by Gasteiger charge is 2.26. The number of primary sulfonamides is 1. The lowest BCUT2D eigenvalue weighted by Gasteiger charge is -2.18. The summed E-state index contributed by atoms with van der Waals surface area (Å²) in [4.78, 5) is 0.0149. The average molecular weight is 302 g/mol. The first-order valence-electron chi connectivity index (χ1n) is 5.62. The summed E-state index contributed by atoms with van der Waals surface area (Å²) in [6.45, 7) is 7.15. The van der Waals surface area contributed by atoms with Gasteiger partial charge in [-0.05, 0) is 39.8 Å². The molecule has 0 fully saturated rings. The number of rotatable bonds is 3. The molecular formula is C12H18N2O3S2. The minimum absolute atomic E-state index is 0.0149. The van der Waals surface area contributed by atoms with Crippen LogP contribution in [0.5, 0.6) is 0 Å². The summed E-state index contributed by atoms with van der Waals surface area (Å²) in [5, 5.41) is 5.07. The van der Waals surface area contributed by atoms with Gasteiger partial charge in [0, 0.05) is 5.56 Å². The molecule has 0 bridgehead atoms. The van der Waals surface area contributed by atoms with E-state index in [-0.39, 0.29) is 4.90 Å². The minimum Gasteiger partial charge on any atom is -0.591 e. The van der Waals surface area contributed by atoms with Gasteiger partial charge in [0.05, 0.1) is 10.6 Å². The number of sulfonamides is 1. The Morgan fingerprint density at radius 2 is 1.95 bits per heavy atom. The van der Waals surface area contributed by atoms with Crippen LogP contribution in [-0.2, 0) is 21.4 Å². The van der Waals surface area contributed by atoms with E-state index in [9.17, 15) is 13.0 Å². The van der Waals surface area contributed by atoms with Crippen molar-refractivity contribution in [2.24, 2.45) is 9.54 Å². The standard InChI is InChI=1S/C12H18N2O3S2/c1-9(14-18(15)12(2,3)4)10-6-5-7-11(8-10)19(13,16)17/h5-8H,1-4H3,(H2,13,16,17). The molecule has 0 radical (unpaired) electrons. The first kappa shape index (κ1) is 16.2. The van der Waals surface area contributed by atoms with Crippen molar-refractivity contribution < 1.29 is 13.0 Å². The third kappa shape index (κ3) is 4.61. The van der Waals surface area contributed by atoms with Crippen molar-refractivity contribution in [2.75, 3.05) is 0 Å². The summed E-state index contributed by atoms with van der Waals surface area (Å²) in [5.41, 5.74) is 1.10. The molecule has 2 N–H and O–H groups in total. The molecular weight excluding hydrogens is 284 g/mol. The molecule has 106 valence electrons. The Hall–Kier alpha value is -0.890. The normalized spacial score (nSPS) is 15.4. The summed E-state index contributed by atoms with van der Waals surface area (Å²) in [6, 6.07) is 6.11. The molecule has 0 spiro atoms. The molecule has 7 heteroatoms. The molecule has 0 amide bonds. The molecule has 1 unspecified atom stereocenters. The van der Waals surface area contributed by atoms with Crippen LogP contribution in [0.3, 0.4) is 0 Å². The molecule has 1 rings (SSSR count). The Bertz CT molecular complexity index is 589. The van der Waals surface area contributed by atoms with E-state index in [4.69, 9.17) is 5.14 Å². The van der Waals surface area contributed by atoms with Crippen LogP contribution in [0.25, 0.3) is 0 Å². The first-order chi connectivity index (χ1) is 8.51. The van der Waals surface area contributed by atoms with E-state index in [2.05, 4.69) is 4.40 Å². The molecule has 1 atom stereocenters. The maximum absolute atomic E-state index is 11.9. The average Bonchev–Trinajstić information content (AvgIpc) is 2.26. The predicted octanol–water partition coefficient (Wildman–Crippen LogP) is 1.61. The van der Waals surface area contributed by atoms with E-state index in [0.29, 0.717) is 11.3 Å². The molecule has 1 aromatic carbocycles. The summed E-state index contributed by atoms with van der Waals surface area (Å²) in [7, 11) is -3.75. The summed E-state index contributed by atoms with van der Waals surface area (Å²) >= 11 is -1.39. The highest BCUT2D eigenvalue weighted by molar-refractivity contribution is 7.91. The van der Waals surface area contributed by atoms with E-state index in [1.807, 2.05) is 20.8 Å². The highest BCUT2D eigenvalue weighted by atomic mass is 32.2. The second-order valence-corrected chi connectivity index (χ2v) is 8.58. The SMILES string of the molecule is CC(=N[S+]([O-])C(C)(C)C)c1cccc(S(N)(=O)=O)c1. The topological polar surface area (TPSA) is 95.6 Å². The van der Waals surface area contributed by atoms with Crippen molar-refractivity contribution in [1.29, 1.82) is 0 Å². The lowest BCUT2D eigenvalue weighted by Crippen LogP contribution is -2.26. The van der Waals surface area contributed by atoms with E-state index < -0.39 is 26.1 Å². The Morgan fingerprint density at radius 3 is 2.42 bits per heavy atom. The number of hydrogen-bond acceptors (Lipinski definition) is 4. The molecule has 19 heavy (non-hydrogen) atoms. The van der Waals surface area contributed by atoms with Gasteiger partial charge in [-0.1, -0.05) is 16.5 Å². The number of benzene rings is 1. The van der Waals surface area contributed by atoms with E-state index >= 15 is 0 Å². The minimum atomic E-state index is -3.75. The van der Waals surface area contributed by atoms with Crippen molar-refractivity contribution in [1.82, 2.24) is 0 Å². The van der Waals surface area contributed by atoms with Crippen LogP contribution in [0, 0.1) is 0 Å². The zero-order valence-corrected chi connectivity index (χ0v) is 13.0. The van der Waals surface area contributed by atoms with Crippen molar-refractivity contribution >= 4 is 27.1 Å². The van der Waals surface area contributed by atoms with Crippen LogP contribution in [0.4, 0.5) is 0 Å². The van der Waals surface area contributed by atoms with Gasteiger partial charge < -0.3 is 4.55 Å². The first-order valence-corrected chi connectivity index (χ1v) is 8.27. The Labute approximate surface area is 117 Å². The van der Waals surface area contributed by atoms with Gasteiger partial charge in [0.25, 0.3) is 0 Å². The molecule has 1 aromatic rings. The lowest BCUT2D eigenvalue weighted by molar-refractivity contribution is 0.561. The van der Waals surface area contributed by atoms with Crippen molar-refractivity contribution in [3.8, 4) is 0 Å². The van der Waals surface area contributed by atoms with Crippen LogP contribution in [0.1, 0.15) is 33.3 Å². The summed E-state index contributed by atoms with van der Waals surface area (Å²) in [6.07, 6.45) is 0. The van der Waals surface area contributed by atoms with Gasteiger partial charge in [0.15, 0.2) is 0 Å². The van der Waals surface area contributed by atoms with Crippen LogP contribution < -0.4 is 5.14 Å². The van der Waals surface area contributed by atoms with Crippen LogP contribution in [0.15, 0.2) is 33.6 Å². The van der Waals surface area contributed by atoms with Crippen LogP contribution in [-0.4, -0.2) is 23.4 Å². The van der Waals surface area contributed by atoms with E-state index in [0.717, 1.165) is 0 Å². The molecule has 0 saturated heterocycles. The van der Waals surface area contributed by atoms with Crippen LogP contribution in [0.2, 0.25) is 0 Å². The maximum atomic E-state index is 11.9. The Balaban J connectivity index is 3.14. The molecule has 0 aliphatic carbocycles. The lowest BCUT2D eigenvalue weighted by atomic mass is 10.1. The molecule has 0 aliphatic rings. The van der Waals surface area contributed by atoms with Crippen molar-refractivity contribution in [2.45, 2.75) is 37.3 Å². The fraction of sp³-hybridized carbons (Fsp3) is 0.417. The van der Waals surface area contributed by atoms with Gasteiger partial charge in [0.1, 0.15) is 16.1 Å². The van der Waals surface area contributed by atoms with Gasteiger partial charge in [-0.25, -0.2) is 13.6 Å². The van der Waals surface area contributed by atoms with E-state index in [1.165, 1.54) is 12.1 Å². The monoisotopic (exact) mass is 302 g/mol. The number of nitrogens with zero attached hydrogens (tertiary/aromatic N) is 1. The maximum Gasteiger partial charge on any atom is 0.238 e. The fourth-order valence-electron chi connectivity index (χ4n) is 1.21. The zero-order chi connectivity index (χ0) is 14.8.